The first kappa shape index (κ1) is 23.7. The van der Waals surface area contributed by atoms with Crippen LogP contribution in [0.3, 0.4) is 0 Å². The van der Waals surface area contributed by atoms with Gasteiger partial charge < -0.3 is 10.2 Å². The van der Waals surface area contributed by atoms with Crippen LogP contribution in [0.25, 0.3) is 16.9 Å². The second-order valence-corrected chi connectivity index (χ2v) is 10.6. The first-order valence-electron chi connectivity index (χ1n) is 13.8. The Balaban J connectivity index is 1.10. The van der Waals surface area contributed by atoms with Gasteiger partial charge in [0.25, 0.3) is 0 Å². The molecule has 1 aliphatic heterocycles. The highest BCUT2D eigenvalue weighted by Crippen LogP contribution is 2.35. The summed E-state index contributed by atoms with van der Waals surface area (Å²) in [7, 11) is 0. The van der Waals surface area contributed by atoms with E-state index in [1.165, 1.54) is 50.6 Å². The summed E-state index contributed by atoms with van der Waals surface area (Å²) in [6, 6.07) is 23.6. The molecule has 0 unspecified atom stereocenters. The highest BCUT2D eigenvalue weighted by atomic mass is 15.3. The first-order chi connectivity index (χ1) is 18.3. The molecule has 1 saturated heterocycles. The molecule has 0 radical (unpaired) electrons. The van der Waals surface area contributed by atoms with Crippen molar-refractivity contribution < 1.29 is 0 Å². The van der Waals surface area contributed by atoms with Crippen LogP contribution >= 0.6 is 0 Å². The molecule has 0 bridgehead atoms. The summed E-state index contributed by atoms with van der Waals surface area (Å²) in [5.74, 6) is 2.16. The quantitative estimate of drug-likeness (QED) is 0.315. The number of hydrogen-bond donors (Lipinski definition) is 1. The largest absolute Gasteiger partial charge is 0.371 e. The van der Waals surface area contributed by atoms with Crippen molar-refractivity contribution in [3.05, 3.63) is 85.3 Å². The van der Waals surface area contributed by atoms with E-state index in [0.717, 1.165) is 41.9 Å². The van der Waals surface area contributed by atoms with Gasteiger partial charge in [-0.2, -0.15) is 5.10 Å². The Morgan fingerprint density at radius 2 is 1.65 bits per heavy atom. The molecule has 1 saturated carbocycles. The van der Waals surface area contributed by atoms with Gasteiger partial charge in [-0.05, 0) is 80.3 Å². The molecule has 1 aliphatic carbocycles. The van der Waals surface area contributed by atoms with Crippen LogP contribution in [-0.2, 0) is 0 Å². The lowest BCUT2D eigenvalue weighted by Gasteiger charge is -2.39. The van der Waals surface area contributed by atoms with Gasteiger partial charge in [0.05, 0.1) is 11.4 Å². The molecule has 3 heterocycles. The molecule has 6 nitrogen and oxygen atoms in total. The molecule has 2 aromatic carbocycles. The first-order valence-corrected chi connectivity index (χ1v) is 13.8. The number of rotatable bonds is 7. The summed E-state index contributed by atoms with van der Waals surface area (Å²) in [6.07, 6.45) is 14.7. The van der Waals surface area contributed by atoms with Gasteiger partial charge in [-0.1, -0.05) is 43.2 Å². The van der Waals surface area contributed by atoms with E-state index in [4.69, 9.17) is 4.98 Å². The second kappa shape index (κ2) is 11.2. The zero-order valence-electron chi connectivity index (χ0n) is 21.4. The van der Waals surface area contributed by atoms with E-state index in [-0.39, 0.29) is 0 Å². The maximum Gasteiger partial charge on any atom is 0.223 e. The van der Waals surface area contributed by atoms with Gasteiger partial charge in [0.15, 0.2) is 0 Å². The van der Waals surface area contributed by atoms with Crippen molar-refractivity contribution in [2.24, 2.45) is 11.8 Å². The zero-order chi connectivity index (χ0) is 24.9. The molecular weight excluding hydrogens is 456 g/mol. The number of nitrogens with one attached hydrogen (secondary N) is 1. The average molecular weight is 493 g/mol. The van der Waals surface area contributed by atoms with Crippen molar-refractivity contribution >= 4 is 11.6 Å². The predicted molar refractivity (Wildman–Crippen MR) is 150 cm³/mol. The van der Waals surface area contributed by atoms with Crippen molar-refractivity contribution in [1.29, 1.82) is 0 Å². The molecule has 2 aliphatic rings. The van der Waals surface area contributed by atoms with Crippen molar-refractivity contribution in [1.82, 2.24) is 19.7 Å². The SMILES string of the molecule is c1ccc(-c2ccnc(N[C@@H]3CCCC[C@H]3C[C@H]3CCCN(c4ccc(-n5cccn5)cc4)C3)n2)cc1. The summed E-state index contributed by atoms with van der Waals surface area (Å²) in [5, 5.41) is 8.10. The molecular formula is C31H36N6. The van der Waals surface area contributed by atoms with E-state index in [1.54, 1.807) is 0 Å². The Morgan fingerprint density at radius 3 is 2.49 bits per heavy atom. The average Bonchev–Trinajstić information content (AvgIpc) is 3.50. The minimum atomic E-state index is 0.448. The summed E-state index contributed by atoms with van der Waals surface area (Å²) in [4.78, 5) is 12.0. The summed E-state index contributed by atoms with van der Waals surface area (Å²) >= 11 is 0. The standard InChI is InChI=1S/C31H36N6/c1-2-9-25(10-3-1)30-17-19-32-31(35-30)34-29-12-5-4-11-26(29)22-24-8-6-20-36(23-24)27-13-15-28(16-14-27)37-21-7-18-33-37/h1-3,7,9-10,13-19,21,24,26,29H,4-6,8,11-12,20,22-23H2,(H,32,34,35)/t24-,26+,29-/m1/s1. The molecule has 2 aromatic heterocycles. The number of aromatic nitrogens is 4. The van der Waals surface area contributed by atoms with Gasteiger partial charge in [0, 0.05) is 49.0 Å². The minimum absolute atomic E-state index is 0.448. The highest BCUT2D eigenvalue weighted by Gasteiger charge is 2.30. The van der Waals surface area contributed by atoms with Crippen LogP contribution in [0.1, 0.15) is 44.9 Å². The predicted octanol–water partition coefficient (Wildman–Crippen LogP) is 6.61. The van der Waals surface area contributed by atoms with Crippen LogP contribution in [0.15, 0.2) is 85.3 Å². The third-order valence-electron chi connectivity index (χ3n) is 8.09. The summed E-state index contributed by atoms with van der Waals surface area (Å²) in [5.41, 5.74) is 4.54. The number of nitrogens with zero attached hydrogens (tertiary/aromatic N) is 5. The summed E-state index contributed by atoms with van der Waals surface area (Å²) < 4.78 is 1.91. The van der Waals surface area contributed by atoms with Crippen molar-refractivity contribution in [2.75, 3.05) is 23.3 Å². The molecule has 3 atom stereocenters. The van der Waals surface area contributed by atoms with E-state index in [0.29, 0.717) is 12.0 Å². The molecule has 37 heavy (non-hydrogen) atoms. The van der Waals surface area contributed by atoms with E-state index in [1.807, 2.05) is 41.5 Å². The lowest BCUT2D eigenvalue weighted by molar-refractivity contribution is 0.247. The fourth-order valence-electron chi connectivity index (χ4n) is 6.20. The van der Waals surface area contributed by atoms with Gasteiger partial charge >= 0.3 is 0 Å². The van der Waals surface area contributed by atoms with E-state index < -0.39 is 0 Å². The van der Waals surface area contributed by atoms with E-state index in [2.05, 4.69) is 68.8 Å². The lowest BCUT2D eigenvalue weighted by atomic mass is 9.77. The van der Waals surface area contributed by atoms with Crippen LogP contribution in [0.5, 0.6) is 0 Å². The van der Waals surface area contributed by atoms with E-state index in [9.17, 15) is 0 Å². The van der Waals surface area contributed by atoms with Crippen LogP contribution in [0.2, 0.25) is 0 Å². The number of piperidine rings is 1. The van der Waals surface area contributed by atoms with Gasteiger partial charge in [0.2, 0.25) is 5.95 Å². The molecule has 2 fully saturated rings. The molecule has 1 N–H and O–H groups in total. The van der Waals surface area contributed by atoms with Crippen LogP contribution < -0.4 is 10.2 Å². The molecule has 0 amide bonds. The van der Waals surface area contributed by atoms with Crippen molar-refractivity contribution in [3.63, 3.8) is 0 Å². The third-order valence-corrected chi connectivity index (χ3v) is 8.09. The minimum Gasteiger partial charge on any atom is -0.371 e. The smallest absolute Gasteiger partial charge is 0.223 e. The second-order valence-electron chi connectivity index (χ2n) is 10.6. The molecule has 190 valence electrons. The van der Waals surface area contributed by atoms with Gasteiger partial charge in [-0.15, -0.1) is 0 Å². The number of anilines is 2. The van der Waals surface area contributed by atoms with Crippen LogP contribution in [0, 0.1) is 11.8 Å². The van der Waals surface area contributed by atoms with Gasteiger partial charge in [-0.3, -0.25) is 0 Å². The van der Waals surface area contributed by atoms with Crippen LogP contribution in [0.4, 0.5) is 11.6 Å². The van der Waals surface area contributed by atoms with Crippen molar-refractivity contribution in [2.45, 2.75) is 51.0 Å². The Bertz CT molecular complexity index is 1250. The van der Waals surface area contributed by atoms with Gasteiger partial charge in [0.1, 0.15) is 0 Å². The fourth-order valence-corrected chi connectivity index (χ4v) is 6.20. The van der Waals surface area contributed by atoms with Gasteiger partial charge in [-0.25, -0.2) is 14.6 Å². The fraction of sp³-hybridized carbons (Fsp3) is 0.387. The Kier molecular flexibility index (Phi) is 7.15. The zero-order valence-corrected chi connectivity index (χ0v) is 21.4. The molecule has 4 aromatic rings. The lowest BCUT2D eigenvalue weighted by Crippen LogP contribution is -2.39. The number of benzene rings is 2. The highest BCUT2D eigenvalue weighted by molar-refractivity contribution is 5.59. The maximum atomic E-state index is 4.86. The topological polar surface area (TPSA) is 58.9 Å². The maximum absolute atomic E-state index is 4.86. The Morgan fingerprint density at radius 1 is 0.811 bits per heavy atom. The molecule has 6 heteroatoms. The van der Waals surface area contributed by atoms with Crippen molar-refractivity contribution in [3.8, 4) is 16.9 Å². The Hall–Kier alpha value is -3.67. The van der Waals surface area contributed by atoms with E-state index >= 15 is 0 Å². The molecule has 0 spiro atoms. The normalized spacial score (nSPS) is 22.1. The number of hydrogen-bond acceptors (Lipinski definition) is 5. The summed E-state index contributed by atoms with van der Waals surface area (Å²) in [6.45, 7) is 2.29. The molecule has 6 rings (SSSR count). The monoisotopic (exact) mass is 492 g/mol. The third kappa shape index (κ3) is 5.68. The van der Waals surface area contributed by atoms with Crippen LogP contribution in [-0.4, -0.2) is 38.9 Å². The Labute approximate surface area is 219 Å².